The quantitative estimate of drug-likeness (QED) is 0.524. The molecule has 0 aromatic heterocycles. The fraction of sp³-hybridized carbons (Fsp3) is 0.857. The lowest BCUT2D eigenvalue weighted by Crippen LogP contribution is -2.38. The first-order valence-corrected chi connectivity index (χ1v) is 4.57. The van der Waals surface area contributed by atoms with Crippen LogP contribution in [0.4, 0.5) is 0 Å². The van der Waals surface area contributed by atoms with E-state index in [1.165, 1.54) is 7.11 Å². The summed E-state index contributed by atoms with van der Waals surface area (Å²) in [6, 6.07) is 0. The van der Waals surface area contributed by atoms with Crippen LogP contribution >= 0.6 is 15.9 Å². The van der Waals surface area contributed by atoms with Crippen LogP contribution in [0.1, 0.15) is 0 Å². The molecule has 1 saturated heterocycles. The number of hydrogen-bond donors (Lipinski definition) is 0. The van der Waals surface area contributed by atoms with Gasteiger partial charge in [-0.15, -0.1) is 0 Å². The van der Waals surface area contributed by atoms with Gasteiger partial charge in [0.25, 0.3) is 0 Å². The van der Waals surface area contributed by atoms with Gasteiger partial charge in [0, 0.05) is 0 Å². The summed E-state index contributed by atoms with van der Waals surface area (Å²) in [5.74, 6) is -0.310. The highest BCUT2D eigenvalue weighted by Gasteiger charge is 2.22. The SMILES string of the molecule is COC(=O)C(Br)COC1COC1. The van der Waals surface area contributed by atoms with Crippen molar-refractivity contribution in [3.63, 3.8) is 0 Å². The van der Waals surface area contributed by atoms with E-state index in [-0.39, 0.29) is 16.9 Å². The summed E-state index contributed by atoms with van der Waals surface area (Å²) in [6.45, 7) is 1.59. The van der Waals surface area contributed by atoms with Gasteiger partial charge in [0.2, 0.25) is 0 Å². The minimum Gasteiger partial charge on any atom is -0.468 e. The van der Waals surface area contributed by atoms with Crippen molar-refractivity contribution >= 4 is 21.9 Å². The smallest absolute Gasteiger partial charge is 0.321 e. The van der Waals surface area contributed by atoms with Gasteiger partial charge in [-0.2, -0.15) is 0 Å². The standard InChI is InChI=1S/C7H11BrO4/c1-10-7(9)6(8)4-12-5-2-11-3-5/h5-6H,2-4H2,1H3. The molecule has 1 atom stereocenters. The highest BCUT2D eigenvalue weighted by molar-refractivity contribution is 9.10. The highest BCUT2D eigenvalue weighted by atomic mass is 79.9. The van der Waals surface area contributed by atoms with Crippen LogP contribution in [0.15, 0.2) is 0 Å². The molecule has 0 aromatic carbocycles. The summed E-state index contributed by atoms with van der Waals surface area (Å²) in [5.41, 5.74) is 0. The number of carbonyl (C=O) groups is 1. The van der Waals surface area contributed by atoms with E-state index in [9.17, 15) is 4.79 Å². The van der Waals surface area contributed by atoms with Crippen molar-refractivity contribution in [2.75, 3.05) is 26.9 Å². The molecule has 1 aliphatic heterocycles. The second kappa shape index (κ2) is 4.79. The zero-order chi connectivity index (χ0) is 8.97. The van der Waals surface area contributed by atoms with Crippen LogP contribution in [0.5, 0.6) is 0 Å². The minimum atomic E-state index is -0.372. The predicted molar refractivity (Wildman–Crippen MR) is 45.3 cm³/mol. The van der Waals surface area contributed by atoms with Gasteiger partial charge < -0.3 is 14.2 Å². The Kier molecular flexibility index (Phi) is 3.97. The Morgan fingerprint density at radius 2 is 2.42 bits per heavy atom. The van der Waals surface area contributed by atoms with Gasteiger partial charge in [-0.05, 0) is 0 Å². The molecule has 0 spiro atoms. The monoisotopic (exact) mass is 238 g/mol. The van der Waals surface area contributed by atoms with Crippen molar-refractivity contribution in [1.29, 1.82) is 0 Å². The second-order valence-electron chi connectivity index (χ2n) is 2.48. The summed E-state index contributed by atoms with van der Waals surface area (Å²) in [5, 5.41) is 0. The number of methoxy groups -OCH3 is 1. The Balaban J connectivity index is 2.08. The summed E-state index contributed by atoms with van der Waals surface area (Å²) in [6.07, 6.45) is 0.148. The van der Waals surface area contributed by atoms with Crippen molar-refractivity contribution in [2.24, 2.45) is 0 Å². The molecule has 1 rings (SSSR count). The fourth-order valence-corrected chi connectivity index (χ4v) is 1.07. The molecule has 12 heavy (non-hydrogen) atoms. The summed E-state index contributed by atoms with van der Waals surface area (Å²) >= 11 is 3.14. The summed E-state index contributed by atoms with van der Waals surface area (Å²) < 4.78 is 14.7. The van der Waals surface area contributed by atoms with Crippen LogP contribution in [-0.2, 0) is 19.0 Å². The predicted octanol–water partition coefficient (Wildman–Crippen LogP) is 0.338. The van der Waals surface area contributed by atoms with Crippen LogP contribution in [0, 0.1) is 0 Å². The van der Waals surface area contributed by atoms with E-state index in [0.29, 0.717) is 19.8 Å². The number of esters is 1. The lowest BCUT2D eigenvalue weighted by molar-refractivity contribution is -0.148. The second-order valence-corrected chi connectivity index (χ2v) is 3.59. The van der Waals surface area contributed by atoms with Gasteiger partial charge in [-0.1, -0.05) is 15.9 Å². The van der Waals surface area contributed by atoms with Crippen molar-refractivity contribution in [1.82, 2.24) is 0 Å². The molecule has 70 valence electrons. The molecule has 0 amide bonds. The first-order valence-electron chi connectivity index (χ1n) is 3.65. The highest BCUT2D eigenvalue weighted by Crippen LogP contribution is 2.09. The van der Waals surface area contributed by atoms with Crippen LogP contribution < -0.4 is 0 Å². The first-order chi connectivity index (χ1) is 5.74. The zero-order valence-corrected chi connectivity index (χ0v) is 8.37. The molecule has 0 aliphatic carbocycles. The maximum absolute atomic E-state index is 10.9. The van der Waals surface area contributed by atoms with Crippen molar-refractivity contribution in [3.05, 3.63) is 0 Å². The maximum Gasteiger partial charge on any atom is 0.321 e. The zero-order valence-electron chi connectivity index (χ0n) is 6.79. The van der Waals surface area contributed by atoms with E-state index in [1.54, 1.807) is 0 Å². The summed E-state index contributed by atoms with van der Waals surface area (Å²) in [4.78, 5) is 10.5. The average Bonchev–Trinajstić information content (AvgIpc) is 2.00. The van der Waals surface area contributed by atoms with E-state index in [4.69, 9.17) is 9.47 Å². The molecule has 1 fully saturated rings. The van der Waals surface area contributed by atoms with E-state index >= 15 is 0 Å². The molecule has 5 heteroatoms. The number of alkyl halides is 1. The third kappa shape index (κ3) is 2.73. The molecule has 1 heterocycles. The van der Waals surface area contributed by atoms with Crippen LogP contribution in [0.3, 0.4) is 0 Å². The fourth-order valence-electron chi connectivity index (χ4n) is 0.727. The molecule has 4 nitrogen and oxygen atoms in total. The molecule has 0 radical (unpaired) electrons. The number of halogens is 1. The maximum atomic E-state index is 10.9. The minimum absolute atomic E-state index is 0.148. The van der Waals surface area contributed by atoms with Gasteiger partial charge >= 0.3 is 5.97 Å². The van der Waals surface area contributed by atoms with Gasteiger partial charge in [0.05, 0.1) is 26.9 Å². The van der Waals surface area contributed by atoms with E-state index in [2.05, 4.69) is 20.7 Å². The number of ether oxygens (including phenoxy) is 3. The topological polar surface area (TPSA) is 44.8 Å². The number of rotatable bonds is 4. The molecule has 0 aromatic rings. The summed E-state index contributed by atoms with van der Waals surface area (Å²) in [7, 11) is 1.35. The van der Waals surface area contributed by atoms with Crippen LogP contribution in [-0.4, -0.2) is 43.8 Å². The molecular weight excluding hydrogens is 228 g/mol. The van der Waals surface area contributed by atoms with Crippen molar-refractivity contribution in [3.8, 4) is 0 Å². The molecule has 0 N–H and O–H groups in total. The van der Waals surface area contributed by atoms with Gasteiger partial charge in [-0.3, -0.25) is 4.79 Å². The van der Waals surface area contributed by atoms with Gasteiger partial charge in [-0.25, -0.2) is 0 Å². The van der Waals surface area contributed by atoms with Crippen LogP contribution in [0.2, 0.25) is 0 Å². The lowest BCUT2D eigenvalue weighted by atomic mass is 10.3. The lowest BCUT2D eigenvalue weighted by Gasteiger charge is -2.26. The van der Waals surface area contributed by atoms with Gasteiger partial charge in [0.15, 0.2) is 0 Å². The molecule has 0 bridgehead atoms. The van der Waals surface area contributed by atoms with E-state index < -0.39 is 0 Å². The van der Waals surface area contributed by atoms with Gasteiger partial charge in [0.1, 0.15) is 10.9 Å². The van der Waals surface area contributed by atoms with Crippen molar-refractivity contribution in [2.45, 2.75) is 10.9 Å². The third-order valence-corrected chi connectivity index (χ3v) is 2.18. The Labute approximate surface area is 79.3 Å². The Bertz CT molecular complexity index is 157. The number of carbonyl (C=O) groups excluding carboxylic acids is 1. The Morgan fingerprint density at radius 1 is 1.75 bits per heavy atom. The van der Waals surface area contributed by atoms with E-state index in [1.807, 2.05) is 0 Å². The molecular formula is C7H11BrO4. The van der Waals surface area contributed by atoms with E-state index in [0.717, 1.165) is 0 Å². The van der Waals surface area contributed by atoms with Crippen LogP contribution in [0.25, 0.3) is 0 Å². The Hall–Kier alpha value is -0.130. The third-order valence-electron chi connectivity index (χ3n) is 1.54. The normalized spacial score (nSPS) is 19.8. The molecule has 1 unspecified atom stereocenters. The largest absolute Gasteiger partial charge is 0.468 e. The number of hydrogen-bond acceptors (Lipinski definition) is 4. The molecule has 0 saturated carbocycles. The average molecular weight is 239 g/mol. The first kappa shape index (κ1) is 9.95. The van der Waals surface area contributed by atoms with Crippen molar-refractivity contribution < 1.29 is 19.0 Å². The Morgan fingerprint density at radius 3 is 2.83 bits per heavy atom. The molecule has 1 aliphatic rings.